The molecule has 23 heavy (non-hydrogen) atoms. The number of carboxylic acids is 1. The lowest BCUT2D eigenvalue weighted by Gasteiger charge is -1.95. The highest BCUT2D eigenvalue weighted by Crippen LogP contribution is 1.99. The number of hydrogen-bond acceptors (Lipinski definition) is 2. The van der Waals surface area contributed by atoms with Gasteiger partial charge in [-0.2, -0.15) is 0 Å². The monoisotopic (exact) mass is 318 g/mol. The summed E-state index contributed by atoms with van der Waals surface area (Å²) in [6, 6.07) is 0. The Hall–Kier alpha value is -1.87. The molecular formula is C20H30O3. The average Bonchev–Trinajstić information content (AvgIpc) is 2.53. The van der Waals surface area contributed by atoms with Gasteiger partial charge in [-0.1, -0.05) is 67.7 Å². The van der Waals surface area contributed by atoms with Crippen molar-refractivity contribution in [2.75, 3.05) is 0 Å². The van der Waals surface area contributed by atoms with Crippen molar-refractivity contribution in [1.82, 2.24) is 0 Å². The normalized spacial score (nSPS) is 14.2. The van der Waals surface area contributed by atoms with Crippen molar-refractivity contribution in [3.05, 3.63) is 60.8 Å². The minimum absolute atomic E-state index is 0.244. The van der Waals surface area contributed by atoms with Crippen LogP contribution in [0.4, 0.5) is 0 Å². The van der Waals surface area contributed by atoms with Gasteiger partial charge in [0.05, 0.1) is 6.10 Å². The zero-order chi connectivity index (χ0) is 17.2. The molecule has 0 fully saturated rings. The van der Waals surface area contributed by atoms with Crippen molar-refractivity contribution in [2.45, 2.75) is 58.0 Å². The van der Waals surface area contributed by atoms with Crippen molar-refractivity contribution in [2.24, 2.45) is 0 Å². The molecule has 0 radical (unpaired) electrons. The molecule has 0 bridgehead atoms. The van der Waals surface area contributed by atoms with Gasteiger partial charge in [0.2, 0.25) is 0 Å². The van der Waals surface area contributed by atoms with Crippen LogP contribution >= 0.6 is 0 Å². The number of unbranched alkanes of at least 4 members (excludes halogenated alkanes) is 1. The molecule has 0 aliphatic carbocycles. The summed E-state index contributed by atoms with van der Waals surface area (Å²) in [5.41, 5.74) is 0. The van der Waals surface area contributed by atoms with Gasteiger partial charge >= 0.3 is 5.97 Å². The van der Waals surface area contributed by atoms with E-state index >= 15 is 0 Å². The average molecular weight is 318 g/mol. The predicted octanol–water partition coefficient (Wildman–Crippen LogP) is 4.96. The van der Waals surface area contributed by atoms with Crippen molar-refractivity contribution in [3.8, 4) is 0 Å². The van der Waals surface area contributed by atoms with Gasteiger partial charge in [0, 0.05) is 6.42 Å². The molecule has 0 aromatic rings. The fourth-order valence-electron chi connectivity index (χ4n) is 1.69. The Balaban J connectivity index is 3.55. The van der Waals surface area contributed by atoms with Crippen LogP contribution in [0.25, 0.3) is 0 Å². The van der Waals surface area contributed by atoms with Crippen LogP contribution in [-0.4, -0.2) is 22.3 Å². The van der Waals surface area contributed by atoms with Crippen LogP contribution in [0.3, 0.4) is 0 Å². The molecule has 0 aliphatic heterocycles. The molecule has 0 aromatic carbocycles. The highest BCUT2D eigenvalue weighted by atomic mass is 16.4. The summed E-state index contributed by atoms with van der Waals surface area (Å²) in [4.78, 5) is 10.3. The van der Waals surface area contributed by atoms with E-state index in [2.05, 4.69) is 36.5 Å². The number of aliphatic hydroxyl groups excluding tert-OH is 1. The molecule has 0 saturated carbocycles. The lowest BCUT2D eigenvalue weighted by atomic mass is 10.2. The quantitative estimate of drug-likeness (QED) is 0.286. The second-order valence-corrected chi connectivity index (χ2v) is 5.20. The zero-order valence-corrected chi connectivity index (χ0v) is 14.1. The summed E-state index contributed by atoms with van der Waals surface area (Å²) in [6.07, 6.45) is 25.2. The maximum Gasteiger partial charge on any atom is 0.303 e. The molecular weight excluding hydrogens is 288 g/mol. The van der Waals surface area contributed by atoms with Crippen molar-refractivity contribution in [3.63, 3.8) is 0 Å². The molecule has 0 aromatic heterocycles. The van der Waals surface area contributed by atoms with Gasteiger partial charge in [0.15, 0.2) is 0 Å². The van der Waals surface area contributed by atoms with E-state index in [1.165, 1.54) is 0 Å². The van der Waals surface area contributed by atoms with E-state index in [4.69, 9.17) is 5.11 Å². The lowest BCUT2D eigenvalue weighted by molar-refractivity contribution is -0.137. The number of rotatable bonds is 13. The van der Waals surface area contributed by atoms with Crippen molar-refractivity contribution in [1.29, 1.82) is 0 Å². The number of hydrogen-bond donors (Lipinski definition) is 2. The molecule has 3 nitrogen and oxygen atoms in total. The summed E-state index contributed by atoms with van der Waals surface area (Å²) < 4.78 is 0. The second kappa shape index (κ2) is 16.5. The Bertz CT molecular complexity index is 428. The van der Waals surface area contributed by atoms with Gasteiger partial charge < -0.3 is 10.2 Å². The first-order valence-electron chi connectivity index (χ1n) is 8.35. The molecule has 1 atom stereocenters. The molecule has 128 valence electrons. The Morgan fingerprint density at radius 3 is 2.04 bits per heavy atom. The Labute approximate surface area is 140 Å². The van der Waals surface area contributed by atoms with Gasteiger partial charge in [-0.05, 0) is 38.5 Å². The molecule has 3 heteroatoms. The highest BCUT2D eigenvalue weighted by Gasteiger charge is 1.92. The van der Waals surface area contributed by atoms with Crippen LogP contribution in [0.15, 0.2) is 60.8 Å². The molecule has 0 heterocycles. The van der Waals surface area contributed by atoms with Crippen LogP contribution in [0.2, 0.25) is 0 Å². The van der Waals surface area contributed by atoms with Crippen LogP contribution < -0.4 is 0 Å². The SMILES string of the molecule is CC[C@H](O)/C=C/C=C/C/C=C/C/C=C\C/C=C/CCCC(=O)O. The minimum atomic E-state index is -0.727. The van der Waals surface area contributed by atoms with E-state index in [1.807, 2.05) is 25.2 Å². The van der Waals surface area contributed by atoms with Gasteiger partial charge in [-0.3, -0.25) is 4.79 Å². The smallest absolute Gasteiger partial charge is 0.303 e. The van der Waals surface area contributed by atoms with Crippen LogP contribution in [0.1, 0.15) is 51.9 Å². The topological polar surface area (TPSA) is 57.5 Å². The first kappa shape index (κ1) is 21.1. The number of carbonyl (C=O) groups is 1. The summed E-state index contributed by atoms with van der Waals surface area (Å²) in [5.74, 6) is -0.727. The van der Waals surface area contributed by atoms with Gasteiger partial charge in [-0.25, -0.2) is 0 Å². The third-order valence-electron chi connectivity index (χ3n) is 3.08. The summed E-state index contributed by atoms with van der Waals surface area (Å²) >= 11 is 0. The van der Waals surface area contributed by atoms with Gasteiger partial charge in [0.25, 0.3) is 0 Å². The molecule has 0 aliphatic rings. The maximum atomic E-state index is 10.3. The molecule has 2 N–H and O–H groups in total. The third kappa shape index (κ3) is 18.1. The lowest BCUT2D eigenvalue weighted by Crippen LogP contribution is -1.97. The number of allylic oxidation sites excluding steroid dienone is 9. The Morgan fingerprint density at radius 2 is 1.48 bits per heavy atom. The Morgan fingerprint density at radius 1 is 0.913 bits per heavy atom. The van der Waals surface area contributed by atoms with E-state index in [9.17, 15) is 9.90 Å². The first-order valence-corrected chi connectivity index (χ1v) is 8.35. The fraction of sp³-hybridized carbons (Fsp3) is 0.450. The minimum Gasteiger partial charge on any atom is -0.481 e. The van der Waals surface area contributed by atoms with Crippen molar-refractivity contribution < 1.29 is 15.0 Å². The molecule has 0 spiro atoms. The summed E-state index contributed by atoms with van der Waals surface area (Å²) in [7, 11) is 0. The van der Waals surface area contributed by atoms with E-state index < -0.39 is 5.97 Å². The number of carboxylic acid groups (broad SMARTS) is 1. The highest BCUT2D eigenvalue weighted by molar-refractivity contribution is 5.66. The van der Waals surface area contributed by atoms with E-state index in [-0.39, 0.29) is 12.5 Å². The molecule has 0 unspecified atom stereocenters. The first-order chi connectivity index (χ1) is 11.2. The predicted molar refractivity (Wildman–Crippen MR) is 97.3 cm³/mol. The van der Waals surface area contributed by atoms with Crippen molar-refractivity contribution >= 4 is 5.97 Å². The Kier molecular flexibility index (Phi) is 15.2. The largest absolute Gasteiger partial charge is 0.481 e. The van der Waals surface area contributed by atoms with E-state index in [0.29, 0.717) is 6.42 Å². The third-order valence-corrected chi connectivity index (χ3v) is 3.08. The van der Waals surface area contributed by atoms with Gasteiger partial charge in [-0.15, -0.1) is 0 Å². The molecule has 0 saturated heterocycles. The van der Waals surface area contributed by atoms with Gasteiger partial charge in [0.1, 0.15) is 0 Å². The second-order valence-electron chi connectivity index (χ2n) is 5.20. The molecule has 0 amide bonds. The fourth-order valence-corrected chi connectivity index (χ4v) is 1.69. The number of aliphatic hydroxyl groups is 1. The van der Waals surface area contributed by atoms with E-state index in [0.717, 1.165) is 32.1 Å². The standard InChI is InChI=1S/C20H30O3/c1-2-19(21)17-15-13-11-9-7-5-3-4-6-8-10-12-14-16-18-20(22)23/h4-7,10-13,15,17,19,21H,2-3,8-9,14,16,18H2,1H3,(H,22,23)/b6-4-,7-5+,12-10+,13-11+,17-15+/t19-/m0/s1. The maximum absolute atomic E-state index is 10.3. The zero-order valence-electron chi connectivity index (χ0n) is 14.1. The summed E-state index contributed by atoms with van der Waals surface area (Å²) in [6.45, 7) is 1.95. The number of aliphatic carboxylic acids is 1. The van der Waals surface area contributed by atoms with Crippen LogP contribution in [-0.2, 0) is 4.79 Å². The van der Waals surface area contributed by atoms with Crippen LogP contribution in [0.5, 0.6) is 0 Å². The molecule has 0 rings (SSSR count). The van der Waals surface area contributed by atoms with Crippen LogP contribution in [0, 0.1) is 0 Å². The summed E-state index contributed by atoms with van der Waals surface area (Å²) in [5, 5.41) is 17.8. The van der Waals surface area contributed by atoms with E-state index in [1.54, 1.807) is 6.08 Å².